The Morgan fingerprint density at radius 1 is 0.923 bits per heavy atom. The Morgan fingerprint density at radius 2 is 1.67 bits per heavy atom. The Labute approximate surface area is 241 Å². The van der Waals surface area contributed by atoms with Gasteiger partial charge in [-0.25, -0.2) is 0 Å². The number of hydrogen-bond acceptors (Lipinski definition) is 7. The Hall–Kier alpha value is -3.34. The number of nitro benzene ring substituents is 1. The lowest BCUT2D eigenvalue weighted by Gasteiger charge is -2.37. The monoisotopic (exact) mass is 587 g/mol. The van der Waals surface area contributed by atoms with E-state index in [1.54, 1.807) is 36.4 Å². The Balaban J connectivity index is 1.20. The number of carbonyl (C=O) groups is 1. The summed E-state index contributed by atoms with van der Waals surface area (Å²) in [4.78, 5) is 30.4. The highest BCUT2D eigenvalue weighted by Crippen LogP contribution is 2.35. The first-order valence-electron chi connectivity index (χ1n) is 12.7. The third kappa shape index (κ3) is 6.13. The van der Waals surface area contributed by atoms with Crippen LogP contribution >= 0.6 is 35.4 Å². The Morgan fingerprint density at radius 3 is 2.36 bits per heavy atom. The van der Waals surface area contributed by atoms with Gasteiger partial charge in [0.15, 0.2) is 10.9 Å². The van der Waals surface area contributed by atoms with Gasteiger partial charge in [0, 0.05) is 61.6 Å². The number of furan rings is 1. The van der Waals surface area contributed by atoms with Gasteiger partial charge in [-0.2, -0.15) is 0 Å². The minimum absolute atomic E-state index is 0.119. The molecular formula is C27H27Cl2N5O4S. The molecule has 0 bridgehead atoms. The molecule has 5 rings (SSSR count). The van der Waals surface area contributed by atoms with Crippen molar-refractivity contribution in [3.63, 3.8) is 0 Å². The number of nitrogens with zero attached hydrogens (tertiary/aromatic N) is 4. The fourth-order valence-electron chi connectivity index (χ4n) is 4.95. The van der Waals surface area contributed by atoms with E-state index < -0.39 is 5.91 Å². The number of rotatable bonds is 5. The van der Waals surface area contributed by atoms with Crippen molar-refractivity contribution in [1.82, 2.24) is 10.2 Å². The third-order valence-corrected chi connectivity index (χ3v) is 7.94. The largest absolute Gasteiger partial charge is 0.451 e. The first kappa shape index (κ1) is 27.2. The maximum Gasteiger partial charge on any atom is 0.293 e. The van der Waals surface area contributed by atoms with Gasteiger partial charge < -0.3 is 19.1 Å². The average molecular weight is 589 g/mol. The highest BCUT2D eigenvalue weighted by molar-refractivity contribution is 7.80. The second kappa shape index (κ2) is 11.8. The highest BCUT2D eigenvalue weighted by Gasteiger charge is 2.26. The van der Waals surface area contributed by atoms with E-state index in [2.05, 4.69) is 15.1 Å². The highest BCUT2D eigenvalue weighted by atomic mass is 35.5. The number of carbonyl (C=O) groups excluding carboxylic acids is 1. The number of benzene rings is 2. The summed E-state index contributed by atoms with van der Waals surface area (Å²) in [5.74, 6) is 0.127. The lowest BCUT2D eigenvalue weighted by molar-refractivity contribution is -0.384. The molecule has 0 spiro atoms. The van der Waals surface area contributed by atoms with Gasteiger partial charge in [-0.1, -0.05) is 23.2 Å². The smallest absolute Gasteiger partial charge is 0.293 e. The number of hydrogen-bond donors (Lipinski definition) is 1. The molecule has 2 aliphatic heterocycles. The van der Waals surface area contributed by atoms with Crippen LogP contribution < -0.4 is 15.1 Å². The van der Waals surface area contributed by atoms with Crippen molar-refractivity contribution < 1.29 is 14.1 Å². The molecule has 1 N–H and O–H groups in total. The zero-order chi connectivity index (χ0) is 27.5. The Kier molecular flexibility index (Phi) is 8.25. The van der Waals surface area contributed by atoms with Gasteiger partial charge in [0.25, 0.3) is 11.6 Å². The summed E-state index contributed by atoms with van der Waals surface area (Å²) in [5, 5.41) is 15.7. The van der Waals surface area contributed by atoms with Gasteiger partial charge in [0.1, 0.15) is 11.4 Å². The number of piperidine rings is 1. The number of thiocarbonyl (C=S) groups is 1. The zero-order valence-corrected chi connectivity index (χ0v) is 23.4. The predicted octanol–water partition coefficient (Wildman–Crippen LogP) is 5.99. The number of amides is 1. The Bertz CT molecular complexity index is 1400. The normalized spacial score (nSPS) is 15.8. The molecule has 12 heteroatoms. The van der Waals surface area contributed by atoms with Crippen LogP contribution in [0.4, 0.5) is 17.1 Å². The van der Waals surface area contributed by atoms with Crippen molar-refractivity contribution in [2.45, 2.75) is 19.3 Å². The molecule has 0 saturated carbocycles. The molecule has 3 aromatic rings. The molecule has 0 aliphatic carbocycles. The molecule has 2 aliphatic rings. The van der Waals surface area contributed by atoms with E-state index >= 15 is 0 Å². The fourth-order valence-corrected chi connectivity index (χ4v) is 5.73. The van der Waals surface area contributed by atoms with Crippen LogP contribution in [0.25, 0.3) is 11.3 Å². The SMILES string of the molecule is O=C(NC(=S)N1CCN(c2ccc([N+](=O)[O-])c(N3CCCCC3)c2)CC1)c1ccc(-c2ccc(Cl)cc2Cl)o1. The van der Waals surface area contributed by atoms with Crippen LogP contribution in [0.3, 0.4) is 0 Å². The second-order valence-electron chi connectivity index (χ2n) is 9.50. The number of piperazine rings is 1. The van der Waals surface area contributed by atoms with Gasteiger partial charge in [0.05, 0.1) is 9.95 Å². The topological polar surface area (TPSA) is 95.1 Å². The minimum atomic E-state index is -0.444. The molecule has 0 radical (unpaired) electrons. The van der Waals surface area contributed by atoms with Gasteiger partial charge in [-0.05, 0) is 73.9 Å². The molecule has 1 amide bonds. The van der Waals surface area contributed by atoms with Gasteiger partial charge in [-0.15, -0.1) is 0 Å². The number of anilines is 2. The summed E-state index contributed by atoms with van der Waals surface area (Å²) in [7, 11) is 0. The quantitative estimate of drug-likeness (QED) is 0.221. The van der Waals surface area contributed by atoms with E-state index in [9.17, 15) is 14.9 Å². The second-order valence-corrected chi connectivity index (χ2v) is 10.7. The third-order valence-electron chi connectivity index (χ3n) is 7.03. The van der Waals surface area contributed by atoms with Crippen LogP contribution in [0.15, 0.2) is 52.9 Å². The molecule has 3 heterocycles. The van der Waals surface area contributed by atoms with Crippen molar-refractivity contribution >= 4 is 63.5 Å². The average Bonchev–Trinajstić information content (AvgIpc) is 3.43. The van der Waals surface area contributed by atoms with Crippen LogP contribution in [-0.4, -0.2) is 60.1 Å². The van der Waals surface area contributed by atoms with Crippen molar-refractivity contribution in [1.29, 1.82) is 0 Å². The van der Waals surface area contributed by atoms with Gasteiger partial charge in [0.2, 0.25) is 0 Å². The molecule has 2 saturated heterocycles. The minimum Gasteiger partial charge on any atom is -0.451 e. The molecule has 9 nitrogen and oxygen atoms in total. The standard InChI is InChI=1S/C27H27Cl2N5O4S/c28-18-4-6-20(21(29)16-18)24-8-9-25(38-24)26(35)30-27(39)33-14-12-31(13-15-33)19-5-7-22(34(36)37)23(17-19)32-10-2-1-3-11-32/h4-9,16-17H,1-3,10-15H2,(H,30,35,39). The molecule has 2 fully saturated rings. The van der Waals surface area contributed by atoms with Gasteiger partial charge >= 0.3 is 0 Å². The number of halogens is 2. The summed E-state index contributed by atoms with van der Waals surface area (Å²) >= 11 is 17.7. The number of nitrogens with one attached hydrogen (secondary N) is 1. The first-order valence-corrected chi connectivity index (χ1v) is 13.9. The molecule has 39 heavy (non-hydrogen) atoms. The fraction of sp³-hybridized carbons (Fsp3) is 0.333. The van der Waals surface area contributed by atoms with Gasteiger partial charge in [-0.3, -0.25) is 20.2 Å². The van der Waals surface area contributed by atoms with Crippen LogP contribution in [0, 0.1) is 10.1 Å². The molecule has 1 aromatic heterocycles. The first-order chi connectivity index (χ1) is 18.8. The molecule has 204 valence electrons. The predicted molar refractivity (Wildman–Crippen MR) is 157 cm³/mol. The summed E-state index contributed by atoms with van der Waals surface area (Å²) in [6, 6.07) is 13.6. The summed E-state index contributed by atoms with van der Waals surface area (Å²) in [6.45, 7) is 4.17. The van der Waals surface area contributed by atoms with Crippen molar-refractivity contribution in [3.8, 4) is 11.3 Å². The summed E-state index contributed by atoms with van der Waals surface area (Å²) < 4.78 is 5.73. The summed E-state index contributed by atoms with van der Waals surface area (Å²) in [5.41, 5.74) is 2.40. The van der Waals surface area contributed by atoms with E-state index in [0.29, 0.717) is 58.3 Å². The lowest BCUT2D eigenvalue weighted by Crippen LogP contribution is -2.52. The van der Waals surface area contributed by atoms with E-state index in [4.69, 9.17) is 39.8 Å². The van der Waals surface area contributed by atoms with E-state index in [1.807, 2.05) is 17.0 Å². The molecule has 2 aromatic carbocycles. The van der Waals surface area contributed by atoms with Crippen molar-refractivity contribution in [2.75, 3.05) is 49.1 Å². The number of nitro groups is 1. The van der Waals surface area contributed by atoms with Crippen LogP contribution in [-0.2, 0) is 0 Å². The van der Waals surface area contributed by atoms with Crippen LogP contribution in [0.5, 0.6) is 0 Å². The maximum absolute atomic E-state index is 12.8. The zero-order valence-electron chi connectivity index (χ0n) is 21.1. The lowest BCUT2D eigenvalue weighted by atomic mass is 10.1. The van der Waals surface area contributed by atoms with Crippen LogP contribution in [0.1, 0.15) is 29.8 Å². The van der Waals surface area contributed by atoms with Crippen molar-refractivity contribution in [3.05, 3.63) is 74.5 Å². The van der Waals surface area contributed by atoms with Crippen LogP contribution in [0.2, 0.25) is 10.0 Å². The summed E-state index contributed by atoms with van der Waals surface area (Å²) in [6.07, 6.45) is 3.23. The molecule has 0 atom stereocenters. The van der Waals surface area contributed by atoms with E-state index in [-0.39, 0.29) is 16.4 Å². The van der Waals surface area contributed by atoms with E-state index in [0.717, 1.165) is 38.0 Å². The maximum atomic E-state index is 12.8. The van der Waals surface area contributed by atoms with E-state index in [1.165, 1.54) is 0 Å². The van der Waals surface area contributed by atoms with Crippen molar-refractivity contribution in [2.24, 2.45) is 0 Å². The molecular weight excluding hydrogens is 561 g/mol. The molecule has 0 unspecified atom stereocenters.